The molecule has 7 heteroatoms. The molecule has 0 aromatic heterocycles. The summed E-state index contributed by atoms with van der Waals surface area (Å²) >= 11 is 4.98. The average molecular weight is 332 g/mol. The van der Waals surface area contributed by atoms with Crippen LogP contribution >= 0.6 is 12.2 Å². The van der Waals surface area contributed by atoms with E-state index in [1.165, 1.54) is 23.1 Å². The fourth-order valence-corrected chi connectivity index (χ4v) is 2.30. The normalized spacial score (nSPS) is 16.5. The number of phenols is 1. The van der Waals surface area contributed by atoms with Crippen LogP contribution in [0.5, 0.6) is 11.5 Å². The molecular formula is C16H16N2O4S. The van der Waals surface area contributed by atoms with Crippen LogP contribution in [-0.4, -0.2) is 40.1 Å². The summed E-state index contributed by atoms with van der Waals surface area (Å²) in [5, 5.41) is 12.2. The lowest BCUT2D eigenvalue weighted by Gasteiger charge is -2.27. The molecule has 0 unspecified atom stereocenters. The van der Waals surface area contributed by atoms with Gasteiger partial charge in [0, 0.05) is 6.54 Å². The molecule has 1 aromatic rings. The van der Waals surface area contributed by atoms with Gasteiger partial charge in [0.25, 0.3) is 11.8 Å². The first-order valence-electron chi connectivity index (χ1n) is 6.93. The first kappa shape index (κ1) is 16.7. The van der Waals surface area contributed by atoms with Crippen LogP contribution in [0.15, 0.2) is 36.4 Å². The summed E-state index contributed by atoms with van der Waals surface area (Å²) in [5.41, 5.74) is 0.504. The van der Waals surface area contributed by atoms with E-state index in [0.717, 1.165) is 0 Å². The molecule has 1 aromatic carbocycles. The van der Waals surface area contributed by atoms with Crippen LogP contribution in [0.25, 0.3) is 6.08 Å². The predicted molar refractivity (Wildman–Crippen MR) is 89.9 cm³/mol. The van der Waals surface area contributed by atoms with Crippen molar-refractivity contribution < 1.29 is 19.4 Å². The number of aromatic hydroxyl groups is 1. The van der Waals surface area contributed by atoms with Gasteiger partial charge in [-0.3, -0.25) is 19.8 Å². The van der Waals surface area contributed by atoms with Crippen molar-refractivity contribution in [3.63, 3.8) is 0 Å². The number of carbonyl (C=O) groups is 2. The highest BCUT2D eigenvalue weighted by molar-refractivity contribution is 7.80. The predicted octanol–water partition coefficient (Wildman–Crippen LogP) is 1.60. The molecule has 2 amide bonds. The molecular weight excluding hydrogens is 316 g/mol. The van der Waals surface area contributed by atoms with Crippen LogP contribution < -0.4 is 10.1 Å². The van der Waals surface area contributed by atoms with E-state index in [-0.39, 0.29) is 28.7 Å². The van der Waals surface area contributed by atoms with E-state index in [0.29, 0.717) is 12.2 Å². The van der Waals surface area contributed by atoms with Crippen molar-refractivity contribution in [3.8, 4) is 11.5 Å². The van der Waals surface area contributed by atoms with E-state index < -0.39 is 11.8 Å². The smallest absolute Gasteiger partial charge is 0.265 e. The third kappa shape index (κ3) is 3.57. The molecule has 1 heterocycles. The minimum Gasteiger partial charge on any atom is -0.504 e. The summed E-state index contributed by atoms with van der Waals surface area (Å²) in [6.45, 7) is 5.94. The minimum atomic E-state index is -0.564. The first-order valence-corrected chi connectivity index (χ1v) is 7.34. The van der Waals surface area contributed by atoms with E-state index in [9.17, 15) is 14.7 Å². The standard InChI is InChI=1S/C16H16N2O4S/c1-3-7-18-15(21)11(14(20)17-16(18)23)8-10-5-6-12(19)13(9-10)22-4-2/h3,5-6,8-9,19H,1,4,7H2,2H3,(H,17,20,23)/b11-8+. The van der Waals surface area contributed by atoms with Crippen molar-refractivity contribution in [2.45, 2.75) is 6.92 Å². The number of thiocarbonyl (C=S) groups is 1. The summed E-state index contributed by atoms with van der Waals surface area (Å²) < 4.78 is 5.29. The van der Waals surface area contributed by atoms with E-state index in [4.69, 9.17) is 17.0 Å². The molecule has 0 atom stereocenters. The molecule has 120 valence electrons. The third-order valence-electron chi connectivity index (χ3n) is 3.09. The van der Waals surface area contributed by atoms with Gasteiger partial charge < -0.3 is 9.84 Å². The van der Waals surface area contributed by atoms with Gasteiger partial charge in [-0.05, 0) is 42.9 Å². The van der Waals surface area contributed by atoms with Gasteiger partial charge in [0.1, 0.15) is 5.57 Å². The van der Waals surface area contributed by atoms with Gasteiger partial charge in [-0.2, -0.15) is 0 Å². The molecule has 0 aliphatic carbocycles. The maximum absolute atomic E-state index is 12.4. The Bertz CT molecular complexity index is 712. The van der Waals surface area contributed by atoms with Crippen molar-refractivity contribution in [3.05, 3.63) is 42.0 Å². The van der Waals surface area contributed by atoms with Gasteiger partial charge in [-0.25, -0.2) is 0 Å². The topological polar surface area (TPSA) is 78.9 Å². The minimum absolute atomic E-state index is 0.0112. The number of hydrogen-bond acceptors (Lipinski definition) is 5. The quantitative estimate of drug-likeness (QED) is 0.371. The van der Waals surface area contributed by atoms with Crippen molar-refractivity contribution >= 4 is 35.2 Å². The lowest BCUT2D eigenvalue weighted by atomic mass is 10.1. The summed E-state index contributed by atoms with van der Waals surface area (Å²) in [6, 6.07) is 4.57. The molecule has 0 radical (unpaired) electrons. The molecule has 0 spiro atoms. The molecule has 0 bridgehead atoms. The molecule has 2 N–H and O–H groups in total. The maximum Gasteiger partial charge on any atom is 0.265 e. The Kier molecular flexibility index (Phi) is 5.13. The number of amides is 2. The monoisotopic (exact) mass is 332 g/mol. The van der Waals surface area contributed by atoms with E-state index in [2.05, 4.69) is 11.9 Å². The molecule has 0 saturated carbocycles. The van der Waals surface area contributed by atoms with Crippen molar-refractivity contribution in [1.82, 2.24) is 10.2 Å². The van der Waals surface area contributed by atoms with Crippen LogP contribution in [0.1, 0.15) is 12.5 Å². The largest absolute Gasteiger partial charge is 0.504 e. The lowest BCUT2D eigenvalue weighted by molar-refractivity contribution is -0.128. The van der Waals surface area contributed by atoms with Gasteiger partial charge in [-0.15, -0.1) is 6.58 Å². The highest BCUT2D eigenvalue weighted by Crippen LogP contribution is 2.28. The van der Waals surface area contributed by atoms with Crippen LogP contribution in [0.4, 0.5) is 0 Å². The second-order valence-electron chi connectivity index (χ2n) is 4.68. The maximum atomic E-state index is 12.4. The Morgan fingerprint density at radius 3 is 2.83 bits per heavy atom. The number of benzene rings is 1. The fraction of sp³-hybridized carbons (Fsp3) is 0.188. The molecule has 2 rings (SSSR count). The number of hydrogen-bond donors (Lipinski definition) is 2. The van der Waals surface area contributed by atoms with Gasteiger partial charge in [0.15, 0.2) is 16.6 Å². The molecule has 1 aliphatic rings. The summed E-state index contributed by atoms with van der Waals surface area (Å²) in [7, 11) is 0. The Hall–Kier alpha value is -2.67. The van der Waals surface area contributed by atoms with Gasteiger partial charge >= 0.3 is 0 Å². The number of carbonyl (C=O) groups excluding carboxylic acids is 2. The molecule has 23 heavy (non-hydrogen) atoms. The van der Waals surface area contributed by atoms with Crippen LogP contribution in [-0.2, 0) is 9.59 Å². The molecule has 1 aliphatic heterocycles. The zero-order valence-electron chi connectivity index (χ0n) is 12.5. The second-order valence-corrected chi connectivity index (χ2v) is 5.07. The van der Waals surface area contributed by atoms with Crippen molar-refractivity contribution in [2.24, 2.45) is 0 Å². The Labute approximate surface area is 139 Å². The highest BCUT2D eigenvalue weighted by atomic mass is 32.1. The molecule has 1 saturated heterocycles. The first-order chi connectivity index (χ1) is 11.0. The van der Waals surface area contributed by atoms with Crippen LogP contribution in [0.2, 0.25) is 0 Å². The third-order valence-corrected chi connectivity index (χ3v) is 3.41. The fourth-order valence-electron chi connectivity index (χ4n) is 2.05. The van der Waals surface area contributed by atoms with Crippen molar-refractivity contribution in [1.29, 1.82) is 0 Å². The number of ether oxygens (including phenoxy) is 1. The Morgan fingerprint density at radius 1 is 1.43 bits per heavy atom. The SMILES string of the molecule is C=CCN1C(=O)/C(=C/c2ccc(O)c(OCC)c2)C(=O)NC1=S. The van der Waals surface area contributed by atoms with E-state index >= 15 is 0 Å². The van der Waals surface area contributed by atoms with Gasteiger partial charge in [0.2, 0.25) is 0 Å². The lowest BCUT2D eigenvalue weighted by Crippen LogP contribution is -2.53. The summed E-state index contributed by atoms with van der Waals surface area (Å²) in [5.74, 6) is -0.789. The van der Waals surface area contributed by atoms with E-state index in [1.54, 1.807) is 19.1 Å². The summed E-state index contributed by atoms with van der Waals surface area (Å²) in [6.07, 6.45) is 2.95. The zero-order chi connectivity index (χ0) is 17.0. The Morgan fingerprint density at radius 2 is 2.17 bits per heavy atom. The second kappa shape index (κ2) is 7.06. The number of nitrogens with zero attached hydrogens (tertiary/aromatic N) is 1. The molecule has 1 fully saturated rings. The summed E-state index contributed by atoms with van der Waals surface area (Å²) in [4.78, 5) is 25.7. The number of nitrogens with one attached hydrogen (secondary N) is 1. The number of phenolic OH excluding ortho intramolecular Hbond substituents is 1. The van der Waals surface area contributed by atoms with Crippen LogP contribution in [0, 0.1) is 0 Å². The van der Waals surface area contributed by atoms with Gasteiger partial charge in [-0.1, -0.05) is 12.1 Å². The van der Waals surface area contributed by atoms with Crippen LogP contribution in [0.3, 0.4) is 0 Å². The van der Waals surface area contributed by atoms with Gasteiger partial charge in [0.05, 0.1) is 6.61 Å². The Balaban J connectivity index is 2.38. The zero-order valence-corrected chi connectivity index (χ0v) is 13.4. The highest BCUT2D eigenvalue weighted by Gasteiger charge is 2.32. The van der Waals surface area contributed by atoms with Crippen molar-refractivity contribution in [2.75, 3.05) is 13.2 Å². The van der Waals surface area contributed by atoms with E-state index in [1.807, 2.05) is 0 Å². The number of rotatable bonds is 5. The molecule has 6 nitrogen and oxygen atoms in total. The average Bonchev–Trinajstić information content (AvgIpc) is 2.51.